The number of fused-ring (bicyclic) bond motifs is 9. The molecule has 52 heavy (non-hydrogen) atoms. The molecule has 0 saturated carbocycles. The topological polar surface area (TPSA) is 63.0 Å². The number of aliphatic imine (C=N–C) groups is 2. The van der Waals surface area contributed by atoms with Crippen LogP contribution in [0.1, 0.15) is 22.9 Å². The molecule has 0 fully saturated rings. The lowest BCUT2D eigenvalue weighted by Crippen LogP contribution is -2.33. The molecule has 3 heterocycles. The van der Waals surface area contributed by atoms with Crippen LogP contribution in [-0.4, -0.2) is 11.7 Å². The van der Waals surface area contributed by atoms with Crippen molar-refractivity contribution in [3.05, 3.63) is 180 Å². The molecule has 244 valence electrons. The van der Waals surface area contributed by atoms with Crippen molar-refractivity contribution in [2.75, 3.05) is 0 Å². The van der Waals surface area contributed by atoms with Crippen molar-refractivity contribution < 1.29 is 8.83 Å². The zero-order valence-corrected chi connectivity index (χ0v) is 27.9. The summed E-state index contributed by atoms with van der Waals surface area (Å²) in [7, 11) is 0. The molecule has 1 unspecified atom stereocenters. The molecule has 0 bridgehead atoms. The zero-order valence-electron chi connectivity index (χ0n) is 27.9. The summed E-state index contributed by atoms with van der Waals surface area (Å²) in [5.41, 5.74) is 8.25. The molecule has 5 heteroatoms. The van der Waals surface area contributed by atoms with Gasteiger partial charge in [-0.2, -0.15) is 0 Å². The van der Waals surface area contributed by atoms with Gasteiger partial charge in [0.2, 0.25) is 0 Å². The summed E-state index contributed by atoms with van der Waals surface area (Å²) >= 11 is 0. The fourth-order valence-corrected chi connectivity index (χ4v) is 7.88. The quantitative estimate of drug-likeness (QED) is 0.190. The van der Waals surface area contributed by atoms with Gasteiger partial charge in [0.1, 0.15) is 34.3 Å². The first kappa shape index (κ1) is 28.8. The first-order chi connectivity index (χ1) is 25.8. The number of nitrogens with one attached hydrogen (secondary N) is 1. The van der Waals surface area contributed by atoms with Crippen LogP contribution < -0.4 is 5.32 Å². The molecule has 1 N–H and O–H groups in total. The number of rotatable bonds is 4. The monoisotopic (exact) mass is 667 g/mol. The van der Waals surface area contributed by atoms with Crippen LogP contribution in [0.5, 0.6) is 0 Å². The minimum Gasteiger partial charge on any atom is -0.455 e. The Morgan fingerprint density at radius 3 is 1.94 bits per heavy atom. The second-order valence-electron chi connectivity index (χ2n) is 13.3. The number of hydrogen-bond acceptors (Lipinski definition) is 5. The summed E-state index contributed by atoms with van der Waals surface area (Å²) in [4.78, 5) is 10.5. The van der Waals surface area contributed by atoms with E-state index in [1.165, 1.54) is 21.5 Å². The van der Waals surface area contributed by atoms with Crippen molar-refractivity contribution >= 4 is 77.1 Å². The number of hydrogen-bond donors (Lipinski definition) is 1. The van der Waals surface area contributed by atoms with Crippen molar-refractivity contribution in [2.45, 2.75) is 6.17 Å². The summed E-state index contributed by atoms with van der Waals surface area (Å²) in [6.07, 6.45) is -0.360. The highest BCUT2D eigenvalue weighted by Crippen LogP contribution is 2.42. The Kier molecular flexibility index (Phi) is 6.25. The van der Waals surface area contributed by atoms with Crippen LogP contribution in [0.15, 0.2) is 183 Å². The van der Waals surface area contributed by atoms with E-state index >= 15 is 0 Å². The Morgan fingerprint density at radius 2 is 1.08 bits per heavy atom. The predicted molar refractivity (Wildman–Crippen MR) is 213 cm³/mol. The van der Waals surface area contributed by atoms with E-state index in [2.05, 4.69) is 121 Å². The molecule has 1 atom stereocenters. The average molecular weight is 668 g/mol. The second kappa shape index (κ2) is 11.3. The van der Waals surface area contributed by atoms with E-state index in [0.29, 0.717) is 5.84 Å². The molecule has 0 aliphatic carbocycles. The molecular formula is C47H29N3O2. The zero-order chi connectivity index (χ0) is 34.2. The van der Waals surface area contributed by atoms with Gasteiger partial charge in [0.25, 0.3) is 0 Å². The molecule has 1 aliphatic heterocycles. The van der Waals surface area contributed by atoms with Gasteiger partial charge in [-0.25, -0.2) is 9.98 Å². The lowest BCUT2D eigenvalue weighted by Gasteiger charge is -2.24. The summed E-state index contributed by atoms with van der Waals surface area (Å²) in [6.45, 7) is 0. The van der Waals surface area contributed by atoms with Gasteiger partial charge in [-0.3, -0.25) is 0 Å². The molecule has 1 aliphatic rings. The Hall–Kier alpha value is -6.98. The molecule has 0 radical (unpaired) electrons. The molecular weight excluding hydrogens is 639 g/mol. The molecule has 11 rings (SSSR count). The van der Waals surface area contributed by atoms with Crippen molar-refractivity contribution in [3.63, 3.8) is 0 Å². The van der Waals surface area contributed by atoms with Gasteiger partial charge in [-0.1, -0.05) is 146 Å². The fourth-order valence-electron chi connectivity index (χ4n) is 7.88. The third kappa shape index (κ3) is 4.42. The molecule has 5 nitrogen and oxygen atoms in total. The van der Waals surface area contributed by atoms with Crippen LogP contribution in [0.3, 0.4) is 0 Å². The standard InChI is InChI=1S/C47H29N3O2/c1-2-12-30(13-3-1)45-48-46(31-26-25-29-24-23-28-11-4-5-14-32(28)39(29)27-31)50-47(49-45)38-20-10-22-41-42(38)37-19-9-18-36(44(37)52-41)35-17-8-16-34-33-15-6-7-21-40(33)51-43(34)35/h1-27,46H,(H,48,49,50). The third-order valence-corrected chi connectivity index (χ3v) is 10.3. The summed E-state index contributed by atoms with van der Waals surface area (Å²) in [6, 6.07) is 56.8. The maximum absolute atomic E-state index is 6.74. The van der Waals surface area contributed by atoms with Crippen molar-refractivity contribution in [1.82, 2.24) is 5.32 Å². The Balaban J connectivity index is 1.11. The predicted octanol–water partition coefficient (Wildman–Crippen LogP) is 12.0. The summed E-state index contributed by atoms with van der Waals surface area (Å²) in [5.74, 6) is 1.43. The van der Waals surface area contributed by atoms with Crippen LogP contribution in [0.25, 0.3) is 76.5 Å². The Morgan fingerprint density at radius 1 is 0.462 bits per heavy atom. The van der Waals surface area contributed by atoms with Crippen LogP contribution in [0.2, 0.25) is 0 Å². The highest BCUT2D eigenvalue weighted by Gasteiger charge is 2.25. The van der Waals surface area contributed by atoms with Gasteiger partial charge >= 0.3 is 0 Å². The summed E-state index contributed by atoms with van der Waals surface area (Å²) in [5, 5.41) is 12.7. The number of furan rings is 2. The molecule has 10 aromatic rings. The number of amidine groups is 2. The average Bonchev–Trinajstić information content (AvgIpc) is 3.80. The highest BCUT2D eigenvalue weighted by molar-refractivity contribution is 6.23. The smallest absolute Gasteiger partial charge is 0.160 e. The molecule has 2 aromatic heterocycles. The number of nitrogens with zero attached hydrogens (tertiary/aromatic N) is 2. The van der Waals surface area contributed by atoms with E-state index in [1.807, 2.05) is 48.5 Å². The lowest BCUT2D eigenvalue weighted by molar-refractivity contribution is 0.665. The van der Waals surface area contributed by atoms with Gasteiger partial charge in [0.15, 0.2) is 5.84 Å². The van der Waals surface area contributed by atoms with E-state index in [9.17, 15) is 0 Å². The maximum Gasteiger partial charge on any atom is 0.160 e. The molecule has 8 aromatic carbocycles. The first-order valence-corrected chi connectivity index (χ1v) is 17.5. The lowest BCUT2D eigenvalue weighted by atomic mass is 9.98. The van der Waals surface area contributed by atoms with Crippen LogP contribution >= 0.6 is 0 Å². The van der Waals surface area contributed by atoms with Crippen molar-refractivity contribution in [1.29, 1.82) is 0 Å². The maximum atomic E-state index is 6.74. The molecule has 0 saturated heterocycles. The van der Waals surface area contributed by atoms with Crippen LogP contribution in [0, 0.1) is 0 Å². The van der Waals surface area contributed by atoms with Gasteiger partial charge in [-0.15, -0.1) is 0 Å². The summed E-state index contributed by atoms with van der Waals surface area (Å²) < 4.78 is 13.2. The molecule has 0 amide bonds. The number of benzene rings is 8. The van der Waals surface area contributed by atoms with Gasteiger partial charge < -0.3 is 14.2 Å². The van der Waals surface area contributed by atoms with E-state index in [4.69, 9.17) is 18.8 Å². The Bertz CT molecular complexity index is 3110. The normalized spacial score (nSPS) is 14.7. The van der Waals surface area contributed by atoms with Gasteiger partial charge in [0.05, 0.1) is 0 Å². The minimum absolute atomic E-state index is 0.360. The van der Waals surface area contributed by atoms with E-state index in [0.717, 1.165) is 77.5 Å². The minimum atomic E-state index is -0.360. The third-order valence-electron chi connectivity index (χ3n) is 10.3. The van der Waals surface area contributed by atoms with E-state index in [-0.39, 0.29) is 6.17 Å². The first-order valence-electron chi connectivity index (χ1n) is 17.5. The SMILES string of the molecule is c1ccc(C2=NC(c3cccc4oc5c(-c6cccc7c6oc6ccccc67)cccc5c34)=NC(c3ccc4ccc5ccccc5c4c3)N2)cc1. The highest BCUT2D eigenvalue weighted by atomic mass is 16.3. The van der Waals surface area contributed by atoms with Crippen LogP contribution in [0.4, 0.5) is 0 Å². The van der Waals surface area contributed by atoms with Crippen molar-refractivity contribution in [3.8, 4) is 11.1 Å². The second-order valence-corrected chi connectivity index (χ2v) is 13.3. The largest absolute Gasteiger partial charge is 0.455 e. The fraction of sp³-hybridized carbons (Fsp3) is 0.0213. The Labute approximate surface area is 298 Å². The van der Waals surface area contributed by atoms with Gasteiger partial charge in [0, 0.05) is 43.8 Å². The molecule has 0 spiro atoms. The van der Waals surface area contributed by atoms with E-state index < -0.39 is 0 Å². The van der Waals surface area contributed by atoms with Gasteiger partial charge in [-0.05, 0) is 45.3 Å². The number of para-hydroxylation sites is 3. The van der Waals surface area contributed by atoms with Crippen molar-refractivity contribution in [2.24, 2.45) is 9.98 Å². The van der Waals surface area contributed by atoms with Crippen LogP contribution in [-0.2, 0) is 0 Å². The van der Waals surface area contributed by atoms with E-state index in [1.54, 1.807) is 0 Å².